The molecule has 3 heterocycles. The topological polar surface area (TPSA) is 69.8 Å². The van der Waals surface area contributed by atoms with Crippen molar-refractivity contribution in [1.29, 1.82) is 5.41 Å². The van der Waals surface area contributed by atoms with Gasteiger partial charge < -0.3 is 9.55 Å². The van der Waals surface area contributed by atoms with Gasteiger partial charge in [-0.1, -0.05) is 129 Å². The first kappa shape index (κ1) is 33.0. The van der Waals surface area contributed by atoms with Crippen LogP contribution in [-0.4, -0.2) is 20.4 Å². The molecule has 6 heteroatoms. The summed E-state index contributed by atoms with van der Waals surface area (Å²) in [7, 11) is 0. The largest absolute Gasteiger partial charge is 0.323 e. The van der Waals surface area contributed by atoms with E-state index in [1.54, 1.807) is 0 Å². The van der Waals surface area contributed by atoms with Gasteiger partial charge in [0.05, 0.1) is 26.9 Å². The fourth-order valence-electron chi connectivity index (χ4n) is 9.57. The van der Waals surface area contributed by atoms with E-state index in [0.29, 0.717) is 11.2 Å². The van der Waals surface area contributed by atoms with Crippen molar-refractivity contribution in [1.82, 2.24) is 14.5 Å². The van der Waals surface area contributed by atoms with Gasteiger partial charge in [-0.2, -0.15) is 4.99 Å². The summed E-state index contributed by atoms with van der Waals surface area (Å²) in [6, 6.07) is 58.1. The molecule has 58 heavy (non-hydrogen) atoms. The zero-order valence-electron chi connectivity index (χ0n) is 31.8. The molecule has 0 spiro atoms. The highest BCUT2D eigenvalue weighted by atomic mass is 32.1. The summed E-state index contributed by atoms with van der Waals surface area (Å²) in [5, 5.41) is 17.8. The van der Waals surface area contributed by atoms with Crippen LogP contribution in [0.15, 0.2) is 169 Å². The lowest BCUT2D eigenvalue weighted by atomic mass is 9.82. The Morgan fingerprint density at radius 3 is 2.12 bits per heavy atom. The number of aromatic amines is 1. The van der Waals surface area contributed by atoms with Crippen LogP contribution >= 0.6 is 11.3 Å². The standard InChI is InChI=1S/C52H35N5S/c1-52(2)40-19-9-5-13-33(40)34-28-25-31(29-41(34)52)47-37-16-6-10-20-42(37)54-51(55-47)56-50(53)30-23-26-32(27-24-30)57-43-21-11-7-17-38(43)45-35-14-3-4-15-36(35)46-39-18-8-12-22-44(39)58-49(46)48(45)57/h3-29H,1-2H3,(H2,53,54,55,56). The molecule has 1 aliphatic carbocycles. The Morgan fingerprint density at radius 1 is 0.638 bits per heavy atom. The van der Waals surface area contributed by atoms with Crippen LogP contribution in [0.25, 0.3) is 91.7 Å². The van der Waals surface area contributed by atoms with Gasteiger partial charge >= 0.3 is 0 Å². The van der Waals surface area contributed by atoms with Crippen LogP contribution in [0.2, 0.25) is 0 Å². The number of nitrogens with zero attached hydrogens (tertiary/aromatic N) is 3. The van der Waals surface area contributed by atoms with Gasteiger partial charge in [-0.15, -0.1) is 11.3 Å². The monoisotopic (exact) mass is 761 g/mol. The number of para-hydroxylation sites is 2. The second-order valence-electron chi connectivity index (χ2n) is 15.8. The number of benzene rings is 8. The third-order valence-corrected chi connectivity index (χ3v) is 13.4. The summed E-state index contributed by atoms with van der Waals surface area (Å²) in [5.41, 5.74) is 12.4. The smallest absolute Gasteiger partial charge is 0.229 e. The Morgan fingerprint density at radius 2 is 1.29 bits per heavy atom. The SMILES string of the molecule is CC1(C)c2ccccc2-c2ccc(-c3nc(=NC(=N)c4ccc(-n5c6ccccc6c6c7ccccc7c7c8ccccc8sc7c65)cc4)[nH]c4ccccc34)cc21. The molecule has 0 atom stereocenters. The molecular formula is C52H35N5S. The zero-order chi connectivity index (χ0) is 38.7. The molecule has 0 bridgehead atoms. The number of hydrogen-bond acceptors (Lipinski definition) is 3. The first-order chi connectivity index (χ1) is 28.4. The minimum atomic E-state index is -0.128. The van der Waals surface area contributed by atoms with Crippen molar-refractivity contribution in [2.24, 2.45) is 4.99 Å². The summed E-state index contributed by atoms with van der Waals surface area (Å²) in [6.45, 7) is 4.60. The van der Waals surface area contributed by atoms with Gasteiger partial charge in [0, 0.05) is 53.9 Å². The average molecular weight is 762 g/mol. The zero-order valence-corrected chi connectivity index (χ0v) is 32.7. The van der Waals surface area contributed by atoms with Crippen LogP contribution in [0.5, 0.6) is 0 Å². The van der Waals surface area contributed by atoms with Gasteiger partial charge in [-0.25, -0.2) is 4.98 Å². The van der Waals surface area contributed by atoms with Crippen LogP contribution < -0.4 is 5.62 Å². The lowest BCUT2D eigenvalue weighted by Gasteiger charge is -2.22. The molecule has 0 fully saturated rings. The van der Waals surface area contributed by atoms with Crippen molar-refractivity contribution in [3.05, 3.63) is 186 Å². The van der Waals surface area contributed by atoms with Crippen molar-refractivity contribution in [2.75, 3.05) is 0 Å². The van der Waals surface area contributed by atoms with E-state index >= 15 is 0 Å². The minimum Gasteiger partial charge on any atom is -0.323 e. The Hall–Kier alpha value is -7.15. The summed E-state index contributed by atoms with van der Waals surface area (Å²) >= 11 is 1.86. The van der Waals surface area contributed by atoms with Crippen LogP contribution in [0, 0.1) is 5.41 Å². The molecule has 8 aromatic carbocycles. The number of H-pyrrole nitrogens is 1. The van der Waals surface area contributed by atoms with Crippen LogP contribution in [0.3, 0.4) is 0 Å². The summed E-state index contributed by atoms with van der Waals surface area (Å²) in [4.78, 5) is 13.3. The van der Waals surface area contributed by atoms with Crippen LogP contribution in [0.4, 0.5) is 0 Å². The van der Waals surface area contributed by atoms with Crippen LogP contribution in [0.1, 0.15) is 30.5 Å². The normalized spacial score (nSPS) is 13.7. The van der Waals surface area contributed by atoms with Gasteiger partial charge in [0.2, 0.25) is 5.62 Å². The fraction of sp³-hybridized carbons (Fsp3) is 0.0577. The van der Waals surface area contributed by atoms with Gasteiger partial charge in [0.15, 0.2) is 5.84 Å². The van der Waals surface area contributed by atoms with E-state index in [9.17, 15) is 5.41 Å². The van der Waals surface area contributed by atoms with E-state index in [1.165, 1.54) is 69.5 Å². The van der Waals surface area contributed by atoms with Gasteiger partial charge in [-0.3, -0.25) is 5.41 Å². The number of rotatable bonds is 3. The van der Waals surface area contributed by atoms with E-state index in [1.807, 2.05) is 41.7 Å². The lowest BCUT2D eigenvalue weighted by molar-refractivity contribution is 0.660. The first-order valence-corrected chi connectivity index (χ1v) is 20.5. The summed E-state index contributed by atoms with van der Waals surface area (Å²) in [6.07, 6.45) is 0. The first-order valence-electron chi connectivity index (χ1n) is 19.7. The van der Waals surface area contributed by atoms with Gasteiger partial charge in [0.25, 0.3) is 0 Å². The predicted molar refractivity (Wildman–Crippen MR) is 243 cm³/mol. The Labute approximate surface area is 337 Å². The molecule has 0 amide bonds. The number of hydrogen-bond donors (Lipinski definition) is 2. The number of fused-ring (bicyclic) bond motifs is 14. The van der Waals surface area contributed by atoms with E-state index in [0.717, 1.165) is 33.4 Å². The third kappa shape index (κ3) is 4.66. The molecule has 0 radical (unpaired) electrons. The second-order valence-corrected chi connectivity index (χ2v) is 16.9. The van der Waals surface area contributed by atoms with Gasteiger partial charge in [-0.05, 0) is 81.6 Å². The van der Waals surface area contributed by atoms with Crippen molar-refractivity contribution >= 4 is 80.8 Å². The maximum atomic E-state index is 9.21. The molecule has 274 valence electrons. The Balaban J connectivity index is 0.985. The molecule has 0 unspecified atom stereocenters. The highest BCUT2D eigenvalue weighted by Crippen LogP contribution is 2.50. The average Bonchev–Trinajstić information content (AvgIpc) is 3.90. The van der Waals surface area contributed by atoms with E-state index in [-0.39, 0.29) is 11.3 Å². The summed E-state index contributed by atoms with van der Waals surface area (Å²) < 4.78 is 4.97. The highest BCUT2D eigenvalue weighted by molar-refractivity contribution is 7.27. The molecular weight excluding hydrogens is 727 g/mol. The molecule has 1 aliphatic rings. The predicted octanol–water partition coefficient (Wildman–Crippen LogP) is 13.1. The third-order valence-electron chi connectivity index (χ3n) is 12.3. The minimum absolute atomic E-state index is 0.128. The van der Waals surface area contributed by atoms with Crippen molar-refractivity contribution in [3.8, 4) is 28.1 Å². The highest BCUT2D eigenvalue weighted by Gasteiger charge is 2.35. The molecule has 2 N–H and O–H groups in total. The van der Waals surface area contributed by atoms with E-state index in [2.05, 4.69) is 157 Å². The van der Waals surface area contributed by atoms with Gasteiger partial charge in [0.1, 0.15) is 0 Å². The maximum absolute atomic E-state index is 9.21. The van der Waals surface area contributed by atoms with E-state index in [4.69, 9.17) is 9.98 Å². The number of nitrogens with one attached hydrogen (secondary N) is 2. The Bertz CT molecular complexity index is 3620. The summed E-state index contributed by atoms with van der Waals surface area (Å²) in [5.74, 6) is 0.141. The fourth-order valence-corrected chi connectivity index (χ4v) is 10.8. The quantitative estimate of drug-likeness (QED) is 0.137. The van der Waals surface area contributed by atoms with Crippen molar-refractivity contribution in [3.63, 3.8) is 0 Å². The van der Waals surface area contributed by atoms with Crippen molar-refractivity contribution < 1.29 is 0 Å². The molecule has 3 aromatic heterocycles. The molecule has 0 saturated heterocycles. The molecule has 12 rings (SSSR count). The molecule has 5 nitrogen and oxygen atoms in total. The van der Waals surface area contributed by atoms with E-state index < -0.39 is 0 Å². The van der Waals surface area contributed by atoms with Crippen LogP contribution in [-0.2, 0) is 5.41 Å². The number of amidine groups is 1. The molecule has 11 aromatic rings. The number of thiophene rings is 1. The number of aromatic nitrogens is 3. The molecule has 0 saturated carbocycles. The van der Waals surface area contributed by atoms with Crippen molar-refractivity contribution in [2.45, 2.75) is 19.3 Å². The lowest BCUT2D eigenvalue weighted by Crippen LogP contribution is -2.17. The molecule has 0 aliphatic heterocycles. The second kappa shape index (κ2) is 12.2. The maximum Gasteiger partial charge on any atom is 0.229 e. The Kier molecular flexibility index (Phi) is 6.93.